The average molecular weight is 439 g/mol. The van der Waals surface area contributed by atoms with E-state index >= 15 is 0 Å². The third kappa shape index (κ3) is 7.89. The van der Waals surface area contributed by atoms with Crippen molar-refractivity contribution >= 4 is 16.0 Å². The quantitative estimate of drug-likeness (QED) is 0.482. The number of hydrogen-bond donors (Lipinski definition) is 2. The van der Waals surface area contributed by atoms with Gasteiger partial charge in [-0.15, -0.1) is 0 Å². The number of aliphatic imine (C=N–C) groups is 1. The van der Waals surface area contributed by atoms with Gasteiger partial charge in [0.2, 0.25) is 10.0 Å². The monoisotopic (exact) mass is 438 g/mol. The molecule has 0 unspecified atom stereocenters. The fourth-order valence-electron chi connectivity index (χ4n) is 3.50. The molecule has 0 atom stereocenters. The zero-order chi connectivity index (χ0) is 22.2. The maximum Gasteiger partial charge on any atom is 0.241 e. The molecule has 1 saturated heterocycles. The highest BCUT2D eigenvalue weighted by Crippen LogP contribution is 2.20. The first-order chi connectivity index (χ1) is 14.1. The normalized spacial score (nSPS) is 16.5. The summed E-state index contributed by atoms with van der Waals surface area (Å²) in [6.07, 6.45) is 3.34. The smallest absolute Gasteiger partial charge is 0.241 e. The Bertz CT molecular complexity index is 797. The fourth-order valence-corrected chi connectivity index (χ4v) is 5.15. The van der Waals surface area contributed by atoms with Gasteiger partial charge in [-0.3, -0.25) is 0 Å². The molecule has 1 aliphatic heterocycles. The summed E-state index contributed by atoms with van der Waals surface area (Å²) in [5.41, 5.74) is 0.136. The Labute approximate surface area is 182 Å². The van der Waals surface area contributed by atoms with Crippen molar-refractivity contribution in [1.29, 1.82) is 0 Å². The van der Waals surface area contributed by atoms with Gasteiger partial charge in [0.1, 0.15) is 0 Å². The van der Waals surface area contributed by atoms with Gasteiger partial charge in [0.15, 0.2) is 5.96 Å². The van der Waals surface area contributed by atoms with Crippen molar-refractivity contribution in [3.63, 3.8) is 0 Å². The van der Waals surface area contributed by atoms with Gasteiger partial charge >= 0.3 is 0 Å². The second-order valence-corrected chi connectivity index (χ2v) is 10.6. The molecule has 1 aromatic rings. The van der Waals surface area contributed by atoms with Gasteiger partial charge < -0.3 is 15.0 Å². The van der Waals surface area contributed by atoms with Crippen molar-refractivity contribution in [2.75, 3.05) is 33.4 Å². The predicted octanol–water partition coefficient (Wildman–Crippen LogP) is 2.98. The third-order valence-electron chi connectivity index (χ3n) is 5.01. The lowest BCUT2D eigenvalue weighted by Crippen LogP contribution is -2.41. The first-order valence-electron chi connectivity index (χ1n) is 10.8. The van der Waals surface area contributed by atoms with Gasteiger partial charge in [0, 0.05) is 38.9 Å². The van der Waals surface area contributed by atoms with Crippen LogP contribution in [0.25, 0.3) is 0 Å². The Morgan fingerprint density at radius 2 is 1.90 bits per heavy atom. The van der Waals surface area contributed by atoms with E-state index in [4.69, 9.17) is 9.73 Å². The molecule has 2 rings (SSSR count). The SMILES string of the molecule is CCNC(=NCc1ccccc1S(=O)(=O)NC(C)(C)C)N(C)CCC1CCOCC1. The third-order valence-corrected chi connectivity index (χ3v) is 6.87. The highest BCUT2D eigenvalue weighted by molar-refractivity contribution is 7.89. The Balaban J connectivity index is 2.12. The summed E-state index contributed by atoms with van der Waals surface area (Å²) in [7, 11) is -1.59. The van der Waals surface area contributed by atoms with Crippen molar-refractivity contribution in [1.82, 2.24) is 14.9 Å². The molecule has 0 amide bonds. The van der Waals surface area contributed by atoms with Crippen molar-refractivity contribution in [3.05, 3.63) is 29.8 Å². The zero-order valence-electron chi connectivity index (χ0n) is 19.1. The van der Waals surface area contributed by atoms with Gasteiger partial charge in [-0.05, 0) is 64.5 Å². The van der Waals surface area contributed by atoms with E-state index in [0.29, 0.717) is 18.0 Å². The second kappa shape index (κ2) is 11.1. The van der Waals surface area contributed by atoms with Gasteiger partial charge in [0.05, 0.1) is 11.4 Å². The van der Waals surface area contributed by atoms with Crippen LogP contribution < -0.4 is 10.0 Å². The summed E-state index contributed by atoms with van der Waals surface area (Å²) in [6, 6.07) is 7.06. The van der Waals surface area contributed by atoms with Crippen LogP contribution in [0, 0.1) is 5.92 Å². The predicted molar refractivity (Wildman–Crippen MR) is 122 cm³/mol. The number of sulfonamides is 1. The lowest BCUT2D eigenvalue weighted by molar-refractivity contribution is 0.0625. The molecule has 1 fully saturated rings. The van der Waals surface area contributed by atoms with Crippen LogP contribution in [0.3, 0.4) is 0 Å². The molecule has 1 heterocycles. The van der Waals surface area contributed by atoms with Gasteiger partial charge in [-0.2, -0.15) is 0 Å². The standard InChI is InChI=1S/C22H38N4O3S/c1-6-23-21(26(5)14-11-18-12-15-29-16-13-18)24-17-19-9-7-8-10-20(19)30(27,28)25-22(2,3)4/h7-10,18,25H,6,11-17H2,1-5H3,(H,23,24). The number of nitrogens with zero attached hydrogens (tertiary/aromatic N) is 2. The lowest BCUT2D eigenvalue weighted by atomic mass is 9.96. The molecule has 170 valence electrons. The van der Waals surface area contributed by atoms with Crippen molar-refractivity contribution in [2.45, 2.75) is 63.9 Å². The molecule has 0 aliphatic carbocycles. The lowest BCUT2D eigenvalue weighted by Gasteiger charge is -2.27. The Morgan fingerprint density at radius 1 is 1.23 bits per heavy atom. The first-order valence-corrected chi connectivity index (χ1v) is 12.3. The minimum absolute atomic E-state index is 0.282. The highest BCUT2D eigenvalue weighted by atomic mass is 32.2. The van der Waals surface area contributed by atoms with E-state index < -0.39 is 15.6 Å². The molecule has 8 heteroatoms. The summed E-state index contributed by atoms with van der Waals surface area (Å²) in [4.78, 5) is 7.14. The Morgan fingerprint density at radius 3 is 2.53 bits per heavy atom. The minimum atomic E-state index is -3.62. The van der Waals surface area contributed by atoms with E-state index in [2.05, 4.69) is 14.9 Å². The van der Waals surface area contributed by atoms with Gasteiger partial charge in [-0.1, -0.05) is 18.2 Å². The van der Waals surface area contributed by atoms with Crippen LogP contribution in [0.4, 0.5) is 0 Å². The number of ether oxygens (including phenoxy) is 1. The van der Waals surface area contributed by atoms with Gasteiger partial charge in [-0.25, -0.2) is 18.1 Å². The molecule has 0 radical (unpaired) electrons. The minimum Gasteiger partial charge on any atom is -0.381 e. The molecule has 1 aliphatic rings. The fraction of sp³-hybridized carbons (Fsp3) is 0.682. The molecule has 30 heavy (non-hydrogen) atoms. The summed E-state index contributed by atoms with van der Waals surface area (Å²) in [6.45, 7) is 11.2. The summed E-state index contributed by atoms with van der Waals surface area (Å²) in [5.74, 6) is 1.49. The number of nitrogens with one attached hydrogen (secondary N) is 2. The highest BCUT2D eigenvalue weighted by Gasteiger charge is 2.24. The first kappa shape index (κ1) is 24.6. The van der Waals surface area contributed by atoms with Crippen LogP contribution in [0.5, 0.6) is 0 Å². The van der Waals surface area contributed by atoms with Crippen LogP contribution in [-0.4, -0.2) is 58.2 Å². The second-order valence-electron chi connectivity index (χ2n) is 8.90. The van der Waals surface area contributed by atoms with Crippen LogP contribution in [-0.2, 0) is 21.3 Å². The largest absolute Gasteiger partial charge is 0.381 e. The van der Waals surface area contributed by atoms with Crippen molar-refractivity contribution < 1.29 is 13.2 Å². The van der Waals surface area contributed by atoms with Gasteiger partial charge in [0.25, 0.3) is 0 Å². The summed E-state index contributed by atoms with van der Waals surface area (Å²) >= 11 is 0. The summed E-state index contributed by atoms with van der Waals surface area (Å²) in [5, 5.41) is 3.32. The van der Waals surface area contributed by atoms with Crippen LogP contribution in [0.15, 0.2) is 34.2 Å². The number of hydrogen-bond acceptors (Lipinski definition) is 4. The van der Waals surface area contributed by atoms with Crippen LogP contribution in [0.2, 0.25) is 0 Å². The molecule has 1 aromatic carbocycles. The molecule has 0 spiro atoms. The average Bonchev–Trinajstić information content (AvgIpc) is 2.68. The van der Waals surface area contributed by atoms with E-state index in [1.807, 2.05) is 46.9 Å². The molecule has 0 saturated carbocycles. The number of guanidine groups is 1. The van der Waals surface area contributed by atoms with Crippen LogP contribution >= 0.6 is 0 Å². The Hall–Kier alpha value is -1.64. The molecule has 2 N–H and O–H groups in total. The summed E-state index contributed by atoms with van der Waals surface area (Å²) < 4.78 is 33.9. The van der Waals surface area contributed by atoms with Crippen LogP contribution in [0.1, 0.15) is 52.5 Å². The molecule has 7 nitrogen and oxygen atoms in total. The van der Waals surface area contributed by atoms with Crippen molar-refractivity contribution in [3.8, 4) is 0 Å². The maximum absolute atomic E-state index is 12.9. The topological polar surface area (TPSA) is 83.0 Å². The maximum atomic E-state index is 12.9. The van der Waals surface area contributed by atoms with E-state index in [-0.39, 0.29) is 4.90 Å². The molecular formula is C22H38N4O3S. The van der Waals surface area contributed by atoms with E-state index in [9.17, 15) is 8.42 Å². The molecule has 0 aromatic heterocycles. The van der Waals surface area contributed by atoms with E-state index in [1.165, 1.54) is 0 Å². The zero-order valence-corrected chi connectivity index (χ0v) is 19.9. The Kier molecular flexibility index (Phi) is 9.12. The van der Waals surface area contributed by atoms with Crippen molar-refractivity contribution in [2.24, 2.45) is 10.9 Å². The number of benzene rings is 1. The number of rotatable bonds is 8. The molecule has 0 bridgehead atoms. The van der Waals surface area contributed by atoms with E-state index in [0.717, 1.165) is 51.5 Å². The molecular weight excluding hydrogens is 400 g/mol. The van der Waals surface area contributed by atoms with E-state index in [1.54, 1.807) is 12.1 Å².